The van der Waals surface area contributed by atoms with Crippen LogP contribution in [0.2, 0.25) is 0 Å². The molecule has 7 heteroatoms. The SMILES string of the molecule is Cc1ccc(S(=O)(=O)N/N=C/c2ccc(C#N)s2)cc1. The summed E-state index contributed by atoms with van der Waals surface area (Å²) in [6, 6.07) is 11.8. The Balaban J connectivity index is 2.09. The van der Waals surface area contributed by atoms with Gasteiger partial charge in [-0.2, -0.15) is 18.8 Å². The van der Waals surface area contributed by atoms with E-state index in [9.17, 15) is 8.42 Å². The zero-order valence-corrected chi connectivity index (χ0v) is 12.2. The second-order valence-electron chi connectivity index (χ2n) is 3.98. The minimum absolute atomic E-state index is 0.157. The van der Waals surface area contributed by atoms with Gasteiger partial charge < -0.3 is 0 Å². The van der Waals surface area contributed by atoms with Gasteiger partial charge in [-0.15, -0.1) is 11.3 Å². The normalized spacial score (nSPS) is 11.4. The zero-order valence-electron chi connectivity index (χ0n) is 10.6. The van der Waals surface area contributed by atoms with Gasteiger partial charge in [-0.1, -0.05) is 17.7 Å². The predicted octanol–water partition coefficient (Wildman–Crippen LogP) is 2.24. The first-order chi connectivity index (χ1) is 9.51. The van der Waals surface area contributed by atoms with E-state index in [1.165, 1.54) is 29.7 Å². The van der Waals surface area contributed by atoms with Gasteiger partial charge >= 0.3 is 0 Å². The van der Waals surface area contributed by atoms with Gasteiger partial charge in [0, 0.05) is 4.88 Å². The predicted molar refractivity (Wildman–Crippen MR) is 78.1 cm³/mol. The van der Waals surface area contributed by atoms with Crippen molar-refractivity contribution in [2.24, 2.45) is 5.10 Å². The molecule has 0 saturated carbocycles. The van der Waals surface area contributed by atoms with Crippen LogP contribution in [-0.2, 0) is 10.0 Å². The van der Waals surface area contributed by atoms with Crippen molar-refractivity contribution in [3.8, 4) is 6.07 Å². The molecule has 0 atom stereocenters. The number of aryl methyl sites for hydroxylation is 1. The van der Waals surface area contributed by atoms with Crippen LogP contribution in [0.3, 0.4) is 0 Å². The molecule has 20 heavy (non-hydrogen) atoms. The molecule has 0 saturated heterocycles. The molecule has 2 aromatic rings. The van der Waals surface area contributed by atoms with Crippen LogP contribution in [0.25, 0.3) is 0 Å². The van der Waals surface area contributed by atoms with E-state index in [0.717, 1.165) is 5.56 Å². The smallest absolute Gasteiger partial charge is 0.200 e. The zero-order chi connectivity index (χ0) is 14.6. The molecular weight excluding hydrogens is 294 g/mol. The summed E-state index contributed by atoms with van der Waals surface area (Å²) in [6.07, 6.45) is 1.37. The van der Waals surface area contributed by atoms with Crippen LogP contribution in [0.5, 0.6) is 0 Å². The van der Waals surface area contributed by atoms with E-state index in [4.69, 9.17) is 5.26 Å². The largest absolute Gasteiger partial charge is 0.276 e. The minimum atomic E-state index is -3.65. The molecule has 0 unspecified atom stereocenters. The molecule has 102 valence electrons. The van der Waals surface area contributed by atoms with Gasteiger partial charge in [-0.3, -0.25) is 0 Å². The van der Waals surface area contributed by atoms with Crippen molar-refractivity contribution in [1.82, 2.24) is 4.83 Å². The van der Waals surface area contributed by atoms with Crippen molar-refractivity contribution in [2.45, 2.75) is 11.8 Å². The maximum absolute atomic E-state index is 11.9. The van der Waals surface area contributed by atoms with Crippen LogP contribution < -0.4 is 4.83 Å². The van der Waals surface area contributed by atoms with Crippen molar-refractivity contribution in [3.05, 3.63) is 51.7 Å². The van der Waals surface area contributed by atoms with Crippen LogP contribution in [0.15, 0.2) is 46.4 Å². The Labute approximate surface area is 121 Å². The number of benzene rings is 1. The van der Waals surface area contributed by atoms with E-state index in [-0.39, 0.29) is 4.90 Å². The number of nitrogens with one attached hydrogen (secondary N) is 1. The van der Waals surface area contributed by atoms with Crippen LogP contribution >= 0.6 is 11.3 Å². The van der Waals surface area contributed by atoms with Crippen molar-refractivity contribution in [1.29, 1.82) is 5.26 Å². The Morgan fingerprint density at radius 1 is 1.25 bits per heavy atom. The molecule has 0 aliphatic heterocycles. The summed E-state index contributed by atoms with van der Waals surface area (Å²) >= 11 is 1.24. The lowest BCUT2D eigenvalue weighted by Crippen LogP contribution is -2.18. The van der Waals surface area contributed by atoms with Gasteiger partial charge in [-0.05, 0) is 31.2 Å². The fourth-order valence-corrected chi connectivity index (χ4v) is 2.88. The van der Waals surface area contributed by atoms with E-state index in [0.29, 0.717) is 9.75 Å². The average molecular weight is 305 g/mol. The molecule has 0 amide bonds. The lowest BCUT2D eigenvalue weighted by Gasteiger charge is -2.02. The molecule has 1 aromatic carbocycles. The highest BCUT2D eigenvalue weighted by Gasteiger charge is 2.11. The van der Waals surface area contributed by atoms with Gasteiger partial charge in [0.1, 0.15) is 10.9 Å². The van der Waals surface area contributed by atoms with E-state index >= 15 is 0 Å². The molecule has 1 N–H and O–H groups in total. The highest BCUT2D eigenvalue weighted by molar-refractivity contribution is 7.89. The lowest BCUT2D eigenvalue weighted by atomic mass is 10.2. The van der Waals surface area contributed by atoms with Crippen molar-refractivity contribution in [2.75, 3.05) is 0 Å². The summed E-state index contributed by atoms with van der Waals surface area (Å²) < 4.78 is 23.8. The molecule has 1 heterocycles. The van der Waals surface area contributed by atoms with Crippen LogP contribution in [0.1, 0.15) is 15.3 Å². The lowest BCUT2D eigenvalue weighted by molar-refractivity contribution is 0.584. The Bertz CT molecular complexity index is 769. The number of hydrogen-bond donors (Lipinski definition) is 1. The van der Waals surface area contributed by atoms with Gasteiger partial charge in [0.05, 0.1) is 11.1 Å². The molecule has 0 aliphatic rings. The molecule has 0 radical (unpaired) electrons. The number of hydrogen-bond acceptors (Lipinski definition) is 5. The van der Waals surface area contributed by atoms with E-state index < -0.39 is 10.0 Å². The molecule has 1 aromatic heterocycles. The number of nitrogens with zero attached hydrogens (tertiary/aromatic N) is 2. The van der Waals surface area contributed by atoms with Gasteiger partial charge in [-0.25, -0.2) is 4.83 Å². The quantitative estimate of drug-likeness (QED) is 0.694. The summed E-state index contributed by atoms with van der Waals surface area (Å²) in [7, 11) is -3.65. The second-order valence-corrected chi connectivity index (χ2v) is 6.76. The standard InChI is InChI=1S/C13H11N3O2S2/c1-10-2-6-13(7-3-10)20(17,18)16-15-9-12-5-4-11(8-14)19-12/h2-7,9,16H,1H3/b15-9+. The number of rotatable bonds is 4. The number of nitriles is 1. The summed E-state index contributed by atoms with van der Waals surface area (Å²) in [4.78, 5) is 3.54. The molecule has 2 rings (SSSR count). The Kier molecular flexibility index (Phi) is 4.17. The summed E-state index contributed by atoms with van der Waals surface area (Å²) in [5.74, 6) is 0. The van der Waals surface area contributed by atoms with Crippen LogP contribution in [0.4, 0.5) is 0 Å². The number of sulfonamides is 1. The van der Waals surface area contributed by atoms with Crippen molar-refractivity contribution >= 4 is 27.6 Å². The first kappa shape index (κ1) is 14.2. The monoisotopic (exact) mass is 305 g/mol. The van der Waals surface area contributed by atoms with Crippen molar-refractivity contribution in [3.63, 3.8) is 0 Å². The Morgan fingerprint density at radius 3 is 2.55 bits per heavy atom. The molecular formula is C13H11N3O2S2. The highest BCUT2D eigenvalue weighted by Crippen LogP contribution is 2.13. The first-order valence-corrected chi connectivity index (χ1v) is 7.93. The average Bonchev–Trinajstić information content (AvgIpc) is 2.87. The van der Waals surface area contributed by atoms with Gasteiger partial charge in [0.25, 0.3) is 10.0 Å². The maximum Gasteiger partial charge on any atom is 0.276 e. The number of hydrazone groups is 1. The van der Waals surface area contributed by atoms with E-state index in [1.54, 1.807) is 24.3 Å². The molecule has 5 nitrogen and oxygen atoms in total. The fourth-order valence-electron chi connectivity index (χ4n) is 1.41. The topological polar surface area (TPSA) is 82.3 Å². The third-order valence-corrected chi connectivity index (χ3v) is 4.60. The summed E-state index contributed by atoms with van der Waals surface area (Å²) in [6.45, 7) is 1.88. The Hall–Kier alpha value is -2.17. The number of thiophene rings is 1. The van der Waals surface area contributed by atoms with E-state index in [2.05, 4.69) is 9.93 Å². The molecule has 0 spiro atoms. The van der Waals surface area contributed by atoms with Gasteiger partial charge in [0.2, 0.25) is 0 Å². The highest BCUT2D eigenvalue weighted by atomic mass is 32.2. The van der Waals surface area contributed by atoms with Crippen molar-refractivity contribution < 1.29 is 8.42 Å². The summed E-state index contributed by atoms with van der Waals surface area (Å²) in [5.41, 5.74) is 0.982. The third kappa shape index (κ3) is 3.44. The summed E-state index contributed by atoms with van der Waals surface area (Å²) in [5, 5.41) is 12.4. The molecule has 0 fully saturated rings. The fraction of sp³-hybridized carbons (Fsp3) is 0.0769. The minimum Gasteiger partial charge on any atom is -0.200 e. The van der Waals surface area contributed by atoms with Crippen LogP contribution in [0, 0.1) is 18.3 Å². The van der Waals surface area contributed by atoms with E-state index in [1.807, 2.05) is 13.0 Å². The maximum atomic E-state index is 11.9. The van der Waals surface area contributed by atoms with Gasteiger partial charge in [0.15, 0.2) is 0 Å². The van der Waals surface area contributed by atoms with Crippen LogP contribution in [-0.4, -0.2) is 14.6 Å². The first-order valence-electron chi connectivity index (χ1n) is 5.63. The molecule has 0 bridgehead atoms. The Morgan fingerprint density at radius 2 is 1.95 bits per heavy atom. The molecule has 0 aliphatic carbocycles. The second kappa shape index (κ2) is 5.86. The third-order valence-electron chi connectivity index (χ3n) is 2.43.